The van der Waals surface area contributed by atoms with E-state index in [0.717, 1.165) is 4.90 Å². The van der Waals surface area contributed by atoms with E-state index < -0.39 is 35.8 Å². The molecule has 0 aliphatic carbocycles. The van der Waals surface area contributed by atoms with Crippen molar-refractivity contribution in [2.75, 3.05) is 12.4 Å². The zero-order chi connectivity index (χ0) is 18.8. The molecule has 26 heavy (non-hydrogen) atoms. The zero-order valence-electron chi connectivity index (χ0n) is 13.3. The van der Waals surface area contributed by atoms with Gasteiger partial charge in [0.15, 0.2) is 5.71 Å². The van der Waals surface area contributed by atoms with Crippen molar-refractivity contribution in [3.63, 3.8) is 0 Å². The largest absolute Gasteiger partial charge is 0.477 e. The number of aliphatic hydroxyl groups is 1. The first-order valence-corrected chi connectivity index (χ1v) is 8.63. The molecule has 0 unspecified atom stereocenters. The lowest BCUT2D eigenvalue weighted by molar-refractivity contribution is -0.150. The molecule has 3 rings (SSSR count). The summed E-state index contributed by atoms with van der Waals surface area (Å²) in [5.74, 6) is -2.41. The Morgan fingerprint density at radius 3 is 2.58 bits per heavy atom. The first kappa shape index (κ1) is 18.0. The van der Waals surface area contributed by atoms with Gasteiger partial charge in [-0.25, -0.2) is 4.79 Å². The predicted molar refractivity (Wildman–Crippen MR) is 91.5 cm³/mol. The fraction of sp³-hybridized carbons (Fsp3) is 0.250. The van der Waals surface area contributed by atoms with Crippen LogP contribution < -0.4 is 5.32 Å². The number of carbonyl (C=O) groups is 3. The molecule has 1 aromatic carbocycles. The van der Waals surface area contributed by atoms with Gasteiger partial charge >= 0.3 is 5.97 Å². The molecule has 9 nitrogen and oxygen atoms in total. The molecular weight excluding hydrogens is 362 g/mol. The van der Waals surface area contributed by atoms with Gasteiger partial charge in [-0.3, -0.25) is 14.5 Å². The number of carbonyl (C=O) groups excluding carboxylic acids is 2. The fourth-order valence-corrected chi connectivity index (χ4v) is 4.18. The number of amides is 2. The molecule has 0 bridgehead atoms. The summed E-state index contributed by atoms with van der Waals surface area (Å²) < 4.78 is 0. The number of thioether (sulfide) groups is 1. The van der Waals surface area contributed by atoms with E-state index in [9.17, 15) is 24.6 Å². The SMILES string of the molecule is O=C(O)C1=C(CO)CS[C@@H]2[C@H](NC(=O)C(=NO)c3ccccc3)C(=O)N12. The molecule has 4 N–H and O–H groups in total. The highest BCUT2D eigenvalue weighted by molar-refractivity contribution is 8.00. The minimum absolute atomic E-state index is 0.235. The number of nitrogens with zero attached hydrogens (tertiary/aromatic N) is 2. The van der Waals surface area contributed by atoms with E-state index in [1.807, 2.05) is 0 Å². The first-order valence-electron chi connectivity index (χ1n) is 7.58. The molecule has 1 aromatic rings. The number of benzene rings is 1. The van der Waals surface area contributed by atoms with Crippen molar-refractivity contribution in [1.29, 1.82) is 0 Å². The number of carboxylic acid groups (broad SMARTS) is 1. The van der Waals surface area contributed by atoms with Crippen LogP contribution in [0.2, 0.25) is 0 Å². The number of aliphatic carboxylic acids is 1. The standard InChI is InChI=1S/C16H15N3O6S/c20-6-9-7-26-15-11(14(22)19(15)12(9)16(23)24)17-13(21)10(18-25)8-4-2-1-3-5-8/h1-5,11,15,20,25H,6-7H2,(H,17,21)(H,23,24)/t11-,15-/m1/s1. The average molecular weight is 377 g/mol. The average Bonchev–Trinajstić information content (AvgIpc) is 2.66. The highest BCUT2D eigenvalue weighted by atomic mass is 32.2. The number of fused-ring (bicyclic) bond motifs is 1. The van der Waals surface area contributed by atoms with Crippen molar-refractivity contribution in [1.82, 2.24) is 10.2 Å². The molecule has 0 spiro atoms. The molecule has 2 heterocycles. The Balaban J connectivity index is 1.77. The van der Waals surface area contributed by atoms with Crippen LogP contribution in [0.4, 0.5) is 0 Å². The van der Waals surface area contributed by atoms with E-state index in [2.05, 4.69) is 10.5 Å². The Bertz CT molecular complexity index is 823. The van der Waals surface area contributed by atoms with Crippen LogP contribution in [0, 0.1) is 0 Å². The Hall–Kier alpha value is -2.85. The van der Waals surface area contributed by atoms with Crippen LogP contribution in [0.1, 0.15) is 5.56 Å². The van der Waals surface area contributed by atoms with E-state index in [4.69, 9.17) is 5.21 Å². The maximum atomic E-state index is 12.4. The highest BCUT2D eigenvalue weighted by Crippen LogP contribution is 2.40. The van der Waals surface area contributed by atoms with E-state index >= 15 is 0 Å². The van der Waals surface area contributed by atoms with Gasteiger partial charge in [-0.2, -0.15) is 0 Å². The second-order valence-corrected chi connectivity index (χ2v) is 6.70. The number of hydrogen-bond donors (Lipinski definition) is 4. The number of hydrogen-bond acceptors (Lipinski definition) is 7. The van der Waals surface area contributed by atoms with Crippen LogP contribution in [-0.4, -0.2) is 67.6 Å². The van der Waals surface area contributed by atoms with Gasteiger partial charge in [0.05, 0.1) is 6.61 Å². The van der Waals surface area contributed by atoms with Gasteiger partial charge in [0.1, 0.15) is 17.1 Å². The lowest BCUT2D eigenvalue weighted by Crippen LogP contribution is -2.71. The lowest BCUT2D eigenvalue weighted by atomic mass is 10.0. The fourth-order valence-electron chi connectivity index (χ4n) is 2.84. The van der Waals surface area contributed by atoms with Crippen LogP contribution in [0.15, 0.2) is 46.8 Å². The number of oxime groups is 1. The smallest absolute Gasteiger partial charge is 0.352 e. The summed E-state index contributed by atoms with van der Waals surface area (Å²) in [5.41, 5.74) is 0.133. The molecule has 2 aliphatic rings. The van der Waals surface area contributed by atoms with Gasteiger partial charge in [-0.05, 0) is 5.57 Å². The Morgan fingerprint density at radius 2 is 2.00 bits per heavy atom. The van der Waals surface area contributed by atoms with Gasteiger partial charge in [0.25, 0.3) is 11.8 Å². The zero-order valence-corrected chi connectivity index (χ0v) is 14.1. The third-order valence-corrected chi connectivity index (χ3v) is 5.43. The van der Waals surface area contributed by atoms with E-state index in [-0.39, 0.29) is 22.7 Å². The lowest BCUT2D eigenvalue weighted by Gasteiger charge is -2.49. The van der Waals surface area contributed by atoms with Crippen LogP contribution in [-0.2, 0) is 14.4 Å². The number of nitrogens with one attached hydrogen (secondary N) is 1. The molecule has 10 heteroatoms. The molecule has 0 aromatic heterocycles. The Kier molecular flexibility index (Phi) is 4.96. The van der Waals surface area contributed by atoms with Crippen LogP contribution in [0.25, 0.3) is 0 Å². The monoisotopic (exact) mass is 377 g/mol. The van der Waals surface area contributed by atoms with Crippen molar-refractivity contribution in [3.8, 4) is 0 Å². The summed E-state index contributed by atoms with van der Waals surface area (Å²) in [6.07, 6.45) is 0. The maximum absolute atomic E-state index is 12.4. The van der Waals surface area contributed by atoms with Gasteiger partial charge < -0.3 is 20.7 Å². The summed E-state index contributed by atoms with van der Waals surface area (Å²) in [4.78, 5) is 37.2. The molecular formula is C16H15N3O6S. The van der Waals surface area contributed by atoms with Crippen molar-refractivity contribution in [2.24, 2.45) is 5.16 Å². The normalized spacial score (nSPS) is 22.6. The van der Waals surface area contributed by atoms with Crippen molar-refractivity contribution in [3.05, 3.63) is 47.2 Å². The summed E-state index contributed by atoms with van der Waals surface area (Å²) in [5, 5.41) is 32.6. The van der Waals surface area contributed by atoms with Crippen LogP contribution in [0.5, 0.6) is 0 Å². The van der Waals surface area contributed by atoms with Gasteiger partial charge in [0, 0.05) is 11.3 Å². The minimum atomic E-state index is -1.31. The number of rotatable bonds is 5. The predicted octanol–water partition coefficient (Wildman–Crippen LogP) is -0.404. The first-order chi connectivity index (χ1) is 12.5. The maximum Gasteiger partial charge on any atom is 0.352 e. The summed E-state index contributed by atoms with van der Waals surface area (Å²) in [6.45, 7) is -0.461. The number of aliphatic hydroxyl groups excluding tert-OH is 1. The Morgan fingerprint density at radius 1 is 1.31 bits per heavy atom. The van der Waals surface area contributed by atoms with Gasteiger partial charge in [-0.1, -0.05) is 35.5 Å². The van der Waals surface area contributed by atoms with E-state index in [0.29, 0.717) is 5.56 Å². The van der Waals surface area contributed by atoms with Gasteiger partial charge in [-0.15, -0.1) is 11.8 Å². The molecule has 1 saturated heterocycles. The van der Waals surface area contributed by atoms with Crippen molar-refractivity contribution >= 4 is 35.3 Å². The van der Waals surface area contributed by atoms with Gasteiger partial charge in [0.2, 0.25) is 0 Å². The van der Waals surface area contributed by atoms with E-state index in [1.165, 1.54) is 11.8 Å². The van der Waals surface area contributed by atoms with Crippen molar-refractivity contribution in [2.45, 2.75) is 11.4 Å². The van der Waals surface area contributed by atoms with Crippen molar-refractivity contribution < 1.29 is 29.8 Å². The molecule has 2 atom stereocenters. The molecule has 2 amide bonds. The second-order valence-electron chi connectivity index (χ2n) is 5.59. The Labute approximate surface area is 152 Å². The third kappa shape index (κ3) is 2.93. The quantitative estimate of drug-likeness (QED) is 0.237. The second kappa shape index (κ2) is 7.18. The topological polar surface area (TPSA) is 140 Å². The van der Waals surface area contributed by atoms with Crippen LogP contribution in [0.3, 0.4) is 0 Å². The molecule has 136 valence electrons. The molecule has 0 radical (unpaired) electrons. The number of β-lactam (4-membered cyclic amide) rings is 1. The molecule has 0 saturated carbocycles. The molecule has 2 aliphatic heterocycles. The summed E-state index contributed by atoms with van der Waals surface area (Å²) >= 11 is 1.24. The third-order valence-electron chi connectivity index (χ3n) is 4.09. The molecule has 1 fully saturated rings. The highest BCUT2D eigenvalue weighted by Gasteiger charge is 2.54. The minimum Gasteiger partial charge on any atom is -0.477 e. The number of carboxylic acids is 1. The van der Waals surface area contributed by atoms with E-state index in [1.54, 1.807) is 30.3 Å². The summed E-state index contributed by atoms with van der Waals surface area (Å²) in [7, 11) is 0. The van der Waals surface area contributed by atoms with Crippen LogP contribution >= 0.6 is 11.8 Å². The summed E-state index contributed by atoms with van der Waals surface area (Å²) in [6, 6.07) is 7.29.